The summed E-state index contributed by atoms with van der Waals surface area (Å²) in [4.78, 5) is 18.4. The van der Waals surface area contributed by atoms with Crippen LogP contribution in [0, 0.1) is 0 Å². The van der Waals surface area contributed by atoms with Crippen LogP contribution in [0.3, 0.4) is 0 Å². The van der Waals surface area contributed by atoms with Gasteiger partial charge in [0.25, 0.3) is 0 Å². The number of rotatable bonds is 3. The van der Waals surface area contributed by atoms with Gasteiger partial charge >= 0.3 is 5.97 Å². The van der Waals surface area contributed by atoms with Gasteiger partial charge in [-0.15, -0.1) is 0 Å². The summed E-state index contributed by atoms with van der Waals surface area (Å²) in [6.45, 7) is 2.12. The summed E-state index contributed by atoms with van der Waals surface area (Å²) < 4.78 is 6.65. The van der Waals surface area contributed by atoms with Crippen molar-refractivity contribution in [2.45, 2.75) is 6.92 Å². The Balaban J connectivity index is 2.34. The van der Waals surface area contributed by atoms with Crippen LogP contribution in [0.5, 0.6) is 0 Å². The van der Waals surface area contributed by atoms with Gasteiger partial charge in [0, 0.05) is 12.4 Å². The molecule has 2 heterocycles. The van der Waals surface area contributed by atoms with Crippen LogP contribution in [0.25, 0.3) is 5.82 Å². The molecule has 0 unspecified atom stereocenters. The molecule has 2 aromatic rings. The fraction of sp³-hybridized carbons (Fsp3) is 0.200. The van der Waals surface area contributed by atoms with Crippen molar-refractivity contribution in [1.82, 2.24) is 14.5 Å². The molecule has 78 valence electrons. The summed E-state index contributed by atoms with van der Waals surface area (Å²) in [6.07, 6.45) is 5.11. The highest BCUT2D eigenvalue weighted by Crippen LogP contribution is 2.10. The van der Waals surface area contributed by atoms with Crippen molar-refractivity contribution in [3.8, 4) is 5.82 Å². The summed E-state index contributed by atoms with van der Waals surface area (Å²) in [5.41, 5.74) is 0.369. The number of aromatic nitrogens is 3. The van der Waals surface area contributed by atoms with Crippen LogP contribution >= 0.6 is 0 Å². The van der Waals surface area contributed by atoms with Crippen molar-refractivity contribution in [3.63, 3.8) is 0 Å². The van der Waals surface area contributed by atoms with Gasteiger partial charge in [-0.05, 0) is 19.1 Å². The molecule has 0 aromatic carbocycles. The summed E-state index contributed by atoms with van der Waals surface area (Å²) in [7, 11) is 0. The molecule has 5 heteroatoms. The summed E-state index contributed by atoms with van der Waals surface area (Å²) >= 11 is 0. The van der Waals surface area contributed by atoms with Gasteiger partial charge in [-0.3, -0.25) is 0 Å². The topological polar surface area (TPSA) is 59.9 Å². The SMILES string of the molecule is CCOC(=O)c1[nH]cnc1-n1cccc1. The predicted octanol–water partition coefficient (Wildman–Crippen LogP) is 1.38. The Labute approximate surface area is 86.7 Å². The molecule has 0 aliphatic heterocycles. The van der Waals surface area contributed by atoms with Crippen LogP contribution in [0.2, 0.25) is 0 Å². The maximum atomic E-state index is 11.5. The minimum Gasteiger partial charge on any atom is -0.461 e. The first-order chi connectivity index (χ1) is 7.33. The quantitative estimate of drug-likeness (QED) is 0.770. The second kappa shape index (κ2) is 4.00. The molecule has 0 spiro atoms. The molecule has 0 aliphatic carbocycles. The number of hydrogen-bond donors (Lipinski definition) is 1. The number of nitrogens with one attached hydrogen (secondary N) is 1. The third-order valence-electron chi connectivity index (χ3n) is 1.95. The third-order valence-corrected chi connectivity index (χ3v) is 1.95. The molecule has 0 radical (unpaired) electrons. The molecule has 15 heavy (non-hydrogen) atoms. The Morgan fingerprint density at radius 1 is 1.53 bits per heavy atom. The van der Waals surface area contributed by atoms with Crippen LogP contribution in [0.15, 0.2) is 30.9 Å². The molecule has 0 saturated heterocycles. The molecule has 2 aromatic heterocycles. The maximum Gasteiger partial charge on any atom is 0.358 e. The highest BCUT2D eigenvalue weighted by molar-refractivity contribution is 5.90. The zero-order chi connectivity index (χ0) is 10.7. The average Bonchev–Trinajstić information content (AvgIpc) is 2.88. The largest absolute Gasteiger partial charge is 0.461 e. The van der Waals surface area contributed by atoms with Crippen LogP contribution < -0.4 is 0 Å². The first-order valence-corrected chi connectivity index (χ1v) is 4.66. The molecule has 0 bridgehead atoms. The molecule has 5 nitrogen and oxygen atoms in total. The van der Waals surface area contributed by atoms with Crippen molar-refractivity contribution >= 4 is 5.97 Å². The molecule has 0 amide bonds. The molecule has 2 rings (SSSR count). The smallest absolute Gasteiger partial charge is 0.358 e. The van der Waals surface area contributed by atoms with Crippen molar-refractivity contribution in [2.75, 3.05) is 6.61 Å². The zero-order valence-corrected chi connectivity index (χ0v) is 8.30. The number of carbonyl (C=O) groups excluding carboxylic acids is 1. The van der Waals surface area contributed by atoms with E-state index in [1.165, 1.54) is 6.33 Å². The molecule has 1 N–H and O–H groups in total. The number of imidazole rings is 1. The minimum absolute atomic E-state index is 0.350. The van der Waals surface area contributed by atoms with Gasteiger partial charge in [-0.2, -0.15) is 0 Å². The van der Waals surface area contributed by atoms with Gasteiger partial charge in [0.2, 0.25) is 0 Å². The highest BCUT2D eigenvalue weighted by Gasteiger charge is 2.15. The van der Waals surface area contributed by atoms with Gasteiger partial charge < -0.3 is 14.3 Å². The number of H-pyrrole nitrogens is 1. The van der Waals surface area contributed by atoms with E-state index >= 15 is 0 Å². The van der Waals surface area contributed by atoms with E-state index in [4.69, 9.17) is 4.74 Å². The first kappa shape index (κ1) is 9.51. The van der Waals surface area contributed by atoms with Crippen molar-refractivity contribution < 1.29 is 9.53 Å². The van der Waals surface area contributed by atoms with Crippen molar-refractivity contribution in [2.24, 2.45) is 0 Å². The standard InChI is InChI=1S/C10H11N3O2/c1-2-15-10(14)8-9(12-7-11-8)13-5-3-4-6-13/h3-7H,2H2,1H3,(H,11,12). The maximum absolute atomic E-state index is 11.5. The Kier molecular flexibility index (Phi) is 2.53. The lowest BCUT2D eigenvalue weighted by atomic mass is 10.4. The highest BCUT2D eigenvalue weighted by atomic mass is 16.5. The Morgan fingerprint density at radius 3 is 2.93 bits per heavy atom. The van der Waals surface area contributed by atoms with E-state index in [0.717, 1.165) is 0 Å². The van der Waals surface area contributed by atoms with E-state index in [1.54, 1.807) is 11.5 Å². The summed E-state index contributed by atoms with van der Waals surface area (Å²) in [5.74, 6) is 0.164. The van der Waals surface area contributed by atoms with Gasteiger partial charge in [-0.25, -0.2) is 9.78 Å². The lowest BCUT2D eigenvalue weighted by molar-refractivity contribution is 0.0520. The number of aromatic amines is 1. The molecular formula is C10H11N3O2. The second-order valence-corrected chi connectivity index (χ2v) is 2.91. The number of nitrogens with zero attached hydrogens (tertiary/aromatic N) is 2. The van der Waals surface area contributed by atoms with Crippen LogP contribution in [-0.2, 0) is 4.74 Å². The van der Waals surface area contributed by atoms with E-state index in [-0.39, 0.29) is 0 Å². The monoisotopic (exact) mass is 205 g/mol. The normalized spacial score (nSPS) is 10.2. The molecule has 0 aliphatic rings. The molecular weight excluding hydrogens is 194 g/mol. The van der Waals surface area contributed by atoms with Gasteiger partial charge in [-0.1, -0.05) is 0 Å². The average molecular weight is 205 g/mol. The van der Waals surface area contributed by atoms with Crippen LogP contribution in [0.1, 0.15) is 17.4 Å². The number of ether oxygens (including phenoxy) is 1. The fourth-order valence-electron chi connectivity index (χ4n) is 1.31. The molecule has 0 atom stereocenters. The van der Waals surface area contributed by atoms with E-state index in [0.29, 0.717) is 18.1 Å². The minimum atomic E-state index is -0.390. The summed E-state index contributed by atoms with van der Waals surface area (Å²) in [5, 5.41) is 0. The van der Waals surface area contributed by atoms with Gasteiger partial charge in [0.1, 0.15) is 0 Å². The van der Waals surface area contributed by atoms with E-state index in [1.807, 2.05) is 24.5 Å². The number of carbonyl (C=O) groups is 1. The van der Waals surface area contributed by atoms with Crippen LogP contribution in [-0.4, -0.2) is 27.1 Å². The number of hydrogen-bond acceptors (Lipinski definition) is 3. The lowest BCUT2D eigenvalue weighted by Gasteiger charge is -2.02. The van der Waals surface area contributed by atoms with E-state index < -0.39 is 5.97 Å². The zero-order valence-electron chi connectivity index (χ0n) is 8.30. The number of esters is 1. The third kappa shape index (κ3) is 1.76. The van der Waals surface area contributed by atoms with E-state index in [9.17, 15) is 4.79 Å². The Bertz CT molecular complexity index is 445. The lowest BCUT2D eigenvalue weighted by Crippen LogP contribution is -2.08. The molecule has 0 fully saturated rings. The summed E-state index contributed by atoms with van der Waals surface area (Å²) in [6, 6.07) is 3.73. The fourth-order valence-corrected chi connectivity index (χ4v) is 1.31. The Morgan fingerprint density at radius 2 is 2.27 bits per heavy atom. The van der Waals surface area contributed by atoms with E-state index in [2.05, 4.69) is 9.97 Å². The van der Waals surface area contributed by atoms with Crippen molar-refractivity contribution in [1.29, 1.82) is 0 Å². The van der Waals surface area contributed by atoms with Gasteiger partial charge in [0.15, 0.2) is 11.5 Å². The van der Waals surface area contributed by atoms with Gasteiger partial charge in [0.05, 0.1) is 12.9 Å². The molecule has 0 saturated carbocycles. The second-order valence-electron chi connectivity index (χ2n) is 2.91. The van der Waals surface area contributed by atoms with Crippen molar-refractivity contribution in [3.05, 3.63) is 36.5 Å². The first-order valence-electron chi connectivity index (χ1n) is 4.66. The van der Waals surface area contributed by atoms with Crippen LogP contribution in [0.4, 0.5) is 0 Å². The Hall–Kier alpha value is -2.04. The predicted molar refractivity (Wildman–Crippen MR) is 53.9 cm³/mol.